The van der Waals surface area contributed by atoms with Crippen molar-refractivity contribution < 1.29 is 24.6 Å². The van der Waals surface area contributed by atoms with E-state index in [1.165, 1.54) is 11.8 Å². The molecule has 1 aliphatic rings. The molecule has 6 nitrogen and oxygen atoms in total. The second kappa shape index (κ2) is 5.90. The predicted octanol–water partition coefficient (Wildman–Crippen LogP) is 0.268. The van der Waals surface area contributed by atoms with Crippen molar-refractivity contribution in [3.63, 3.8) is 0 Å². The minimum absolute atomic E-state index is 0.0130. The Hall–Kier alpha value is -1.24. The summed E-state index contributed by atoms with van der Waals surface area (Å²) < 4.78 is 0. The van der Waals surface area contributed by atoms with Crippen LogP contribution in [0.2, 0.25) is 0 Å². The van der Waals surface area contributed by atoms with Gasteiger partial charge in [0.2, 0.25) is 5.91 Å². The number of carboxylic acid groups (broad SMARTS) is 2. The standard InChI is InChI=1S/C10H15NO5S/c1-6(10(15)16)11(7-2-3-7)8(12)4-17-5-9(13)14/h6-7H,2-5H2,1H3,(H,13,14)(H,15,16). The van der Waals surface area contributed by atoms with Crippen molar-refractivity contribution in [2.75, 3.05) is 11.5 Å². The average Bonchev–Trinajstić information content (AvgIpc) is 3.01. The molecule has 0 aromatic carbocycles. The zero-order valence-electron chi connectivity index (χ0n) is 9.46. The van der Waals surface area contributed by atoms with Crippen LogP contribution in [-0.4, -0.2) is 56.5 Å². The van der Waals surface area contributed by atoms with Crippen molar-refractivity contribution in [1.29, 1.82) is 0 Å². The Bertz CT molecular complexity index is 329. The van der Waals surface area contributed by atoms with Crippen LogP contribution in [0, 0.1) is 0 Å². The number of hydrogen-bond donors (Lipinski definition) is 2. The number of carbonyl (C=O) groups excluding carboxylic acids is 1. The molecule has 0 aromatic heterocycles. The molecule has 0 heterocycles. The van der Waals surface area contributed by atoms with Crippen LogP contribution in [0.25, 0.3) is 0 Å². The van der Waals surface area contributed by atoms with Gasteiger partial charge >= 0.3 is 11.9 Å². The first-order chi connectivity index (χ1) is 7.93. The third kappa shape index (κ3) is 4.26. The number of carbonyl (C=O) groups is 3. The summed E-state index contributed by atoms with van der Waals surface area (Å²) in [5.74, 6) is -2.44. The highest BCUT2D eigenvalue weighted by molar-refractivity contribution is 8.00. The predicted molar refractivity (Wildman–Crippen MR) is 61.9 cm³/mol. The summed E-state index contributed by atoms with van der Waals surface area (Å²) in [6, 6.07) is -0.834. The fourth-order valence-electron chi connectivity index (χ4n) is 1.51. The Balaban J connectivity index is 2.49. The molecular weight excluding hydrogens is 246 g/mol. The maximum absolute atomic E-state index is 11.8. The van der Waals surface area contributed by atoms with Crippen LogP contribution in [0.3, 0.4) is 0 Å². The summed E-state index contributed by atoms with van der Waals surface area (Å²) in [5, 5.41) is 17.3. The van der Waals surface area contributed by atoms with E-state index in [0.717, 1.165) is 24.6 Å². The number of nitrogens with zero attached hydrogens (tertiary/aromatic N) is 1. The van der Waals surface area contributed by atoms with E-state index in [9.17, 15) is 14.4 Å². The molecule has 0 spiro atoms. The Kier molecular flexibility index (Phi) is 4.80. The first-order valence-electron chi connectivity index (χ1n) is 5.27. The van der Waals surface area contributed by atoms with E-state index in [1.54, 1.807) is 0 Å². The van der Waals surface area contributed by atoms with Gasteiger partial charge < -0.3 is 15.1 Å². The number of aliphatic carboxylic acids is 2. The minimum Gasteiger partial charge on any atom is -0.481 e. The van der Waals surface area contributed by atoms with Gasteiger partial charge in [0.1, 0.15) is 6.04 Å². The molecule has 0 saturated heterocycles. The van der Waals surface area contributed by atoms with Crippen molar-refractivity contribution >= 4 is 29.6 Å². The lowest BCUT2D eigenvalue weighted by atomic mass is 10.2. The van der Waals surface area contributed by atoms with Gasteiger partial charge in [0.15, 0.2) is 0 Å². The van der Waals surface area contributed by atoms with Crippen molar-refractivity contribution in [3.05, 3.63) is 0 Å². The molecule has 0 bridgehead atoms. The molecule has 1 unspecified atom stereocenters. The van der Waals surface area contributed by atoms with E-state index >= 15 is 0 Å². The van der Waals surface area contributed by atoms with Gasteiger partial charge in [-0.05, 0) is 19.8 Å². The Morgan fingerprint density at radius 3 is 2.29 bits per heavy atom. The van der Waals surface area contributed by atoms with Crippen LogP contribution in [0.5, 0.6) is 0 Å². The highest BCUT2D eigenvalue weighted by atomic mass is 32.2. The first kappa shape index (κ1) is 13.8. The fraction of sp³-hybridized carbons (Fsp3) is 0.700. The van der Waals surface area contributed by atoms with E-state index in [0.29, 0.717) is 0 Å². The summed E-state index contributed by atoms with van der Waals surface area (Å²) in [5.41, 5.74) is 0. The Labute approximate surface area is 103 Å². The number of thioether (sulfide) groups is 1. The second-order valence-electron chi connectivity index (χ2n) is 3.93. The molecule has 96 valence electrons. The highest BCUT2D eigenvalue weighted by Gasteiger charge is 2.38. The van der Waals surface area contributed by atoms with Gasteiger partial charge in [-0.1, -0.05) is 0 Å². The summed E-state index contributed by atoms with van der Waals surface area (Å²) in [6.07, 6.45) is 1.65. The third-order valence-electron chi connectivity index (χ3n) is 2.45. The maximum atomic E-state index is 11.8. The van der Waals surface area contributed by atoms with Gasteiger partial charge in [-0.2, -0.15) is 0 Å². The van der Waals surface area contributed by atoms with Crippen LogP contribution < -0.4 is 0 Å². The summed E-state index contributed by atoms with van der Waals surface area (Å²) in [4.78, 5) is 34.3. The molecule has 17 heavy (non-hydrogen) atoms. The summed E-state index contributed by atoms with van der Waals surface area (Å²) >= 11 is 0.988. The van der Waals surface area contributed by atoms with E-state index in [1.807, 2.05) is 0 Å². The molecule has 7 heteroatoms. The molecule has 2 N–H and O–H groups in total. The van der Waals surface area contributed by atoms with Gasteiger partial charge in [-0.3, -0.25) is 9.59 Å². The molecule has 1 fully saturated rings. The van der Waals surface area contributed by atoms with E-state index in [4.69, 9.17) is 10.2 Å². The van der Waals surface area contributed by atoms with Gasteiger partial charge in [0.25, 0.3) is 0 Å². The molecule has 1 amide bonds. The van der Waals surface area contributed by atoms with E-state index in [2.05, 4.69) is 0 Å². The lowest BCUT2D eigenvalue weighted by Gasteiger charge is -2.26. The highest BCUT2D eigenvalue weighted by Crippen LogP contribution is 2.29. The fourth-order valence-corrected chi connectivity index (χ4v) is 2.11. The molecule has 0 radical (unpaired) electrons. The minimum atomic E-state index is -1.03. The van der Waals surface area contributed by atoms with Crippen LogP contribution >= 0.6 is 11.8 Å². The monoisotopic (exact) mass is 261 g/mol. The summed E-state index contributed by atoms with van der Waals surface area (Å²) in [6.45, 7) is 1.47. The van der Waals surface area contributed by atoms with E-state index in [-0.39, 0.29) is 23.5 Å². The third-order valence-corrected chi connectivity index (χ3v) is 3.36. The van der Waals surface area contributed by atoms with Gasteiger partial charge in [-0.25, -0.2) is 4.79 Å². The van der Waals surface area contributed by atoms with Crippen molar-refractivity contribution in [1.82, 2.24) is 4.90 Å². The Morgan fingerprint density at radius 1 is 1.29 bits per heavy atom. The molecule has 0 aliphatic heterocycles. The molecule has 1 aliphatic carbocycles. The zero-order chi connectivity index (χ0) is 13.0. The molecule has 1 atom stereocenters. The first-order valence-corrected chi connectivity index (χ1v) is 6.42. The summed E-state index contributed by atoms with van der Waals surface area (Å²) in [7, 11) is 0. The number of carboxylic acids is 2. The van der Waals surface area contributed by atoms with Gasteiger partial charge in [0, 0.05) is 6.04 Å². The smallest absolute Gasteiger partial charge is 0.326 e. The van der Waals surface area contributed by atoms with Crippen LogP contribution in [0.1, 0.15) is 19.8 Å². The van der Waals surface area contributed by atoms with Crippen LogP contribution in [0.4, 0.5) is 0 Å². The average molecular weight is 261 g/mol. The van der Waals surface area contributed by atoms with Crippen LogP contribution in [-0.2, 0) is 14.4 Å². The lowest BCUT2D eigenvalue weighted by molar-refractivity contribution is -0.149. The molecule has 1 saturated carbocycles. The largest absolute Gasteiger partial charge is 0.481 e. The maximum Gasteiger partial charge on any atom is 0.326 e. The lowest BCUT2D eigenvalue weighted by Crippen LogP contribution is -2.45. The van der Waals surface area contributed by atoms with Crippen molar-refractivity contribution in [3.8, 4) is 0 Å². The number of amides is 1. The van der Waals surface area contributed by atoms with Crippen molar-refractivity contribution in [2.24, 2.45) is 0 Å². The van der Waals surface area contributed by atoms with E-state index < -0.39 is 18.0 Å². The zero-order valence-corrected chi connectivity index (χ0v) is 10.3. The normalized spacial score (nSPS) is 16.3. The SMILES string of the molecule is CC(C(=O)O)N(C(=O)CSCC(=O)O)C1CC1. The van der Waals surface area contributed by atoms with Gasteiger partial charge in [-0.15, -0.1) is 11.8 Å². The van der Waals surface area contributed by atoms with Gasteiger partial charge in [0.05, 0.1) is 11.5 Å². The quantitative estimate of drug-likeness (QED) is 0.683. The number of hydrogen-bond acceptors (Lipinski definition) is 4. The molecular formula is C10H15NO5S. The topological polar surface area (TPSA) is 94.9 Å². The number of rotatable bonds is 7. The Morgan fingerprint density at radius 2 is 1.88 bits per heavy atom. The van der Waals surface area contributed by atoms with Crippen molar-refractivity contribution in [2.45, 2.75) is 31.8 Å². The van der Waals surface area contributed by atoms with Crippen LogP contribution in [0.15, 0.2) is 0 Å². The molecule has 0 aromatic rings. The second-order valence-corrected chi connectivity index (χ2v) is 4.92. The molecule has 1 rings (SSSR count).